The van der Waals surface area contributed by atoms with Crippen molar-refractivity contribution in [2.75, 3.05) is 7.05 Å². The molecule has 0 saturated heterocycles. The Labute approximate surface area is 114 Å². The summed E-state index contributed by atoms with van der Waals surface area (Å²) in [5.74, 6) is -0.0775. The minimum atomic E-state index is -0.0775. The van der Waals surface area contributed by atoms with Gasteiger partial charge in [0.15, 0.2) is 0 Å². The van der Waals surface area contributed by atoms with Gasteiger partial charge in [0.25, 0.3) is 5.91 Å². The van der Waals surface area contributed by atoms with E-state index in [4.69, 9.17) is 0 Å². The normalized spacial score (nSPS) is 10.4. The van der Waals surface area contributed by atoms with E-state index >= 15 is 0 Å². The maximum atomic E-state index is 12.1. The number of nitrogens with zero attached hydrogens (tertiary/aromatic N) is 3. The molecule has 0 atom stereocenters. The first kappa shape index (κ1) is 12.8. The minimum absolute atomic E-state index is 0.0775. The van der Waals surface area contributed by atoms with Crippen molar-refractivity contribution in [3.63, 3.8) is 0 Å². The lowest BCUT2D eigenvalue weighted by Crippen LogP contribution is -2.26. The Balaban J connectivity index is 2.11. The Morgan fingerprint density at radius 1 is 1.44 bits per heavy atom. The zero-order chi connectivity index (χ0) is 13.1. The van der Waals surface area contributed by atoms with Crippen LogP contribution in [0.4, 0.5) is 0 Å². The summed E-state index contributed by atoms with van der Waals surface area (Å²) in [6.45, 7) is 0.552. The second-order valence-corrected chi connectivity index (χ2v) is 5.03. The van der Waals surface area contributed by atoms with Crippen molar-refractivity contribution in [1.82, 2.24) is 14.5 Å². The predicted molar refractivity (Wildman–Crippen MR) is 73.1 cm³/mol. The van der Waals surface area contributed by atoms with Gasteiger partial charge in [-0.1, -0.05) is 34.1 Å². The van der Waals surface area contributed by atoms with Crippen LogP contribution in [0.2, 0.25) is 0 Å². The van der Waals surface area contributed by atoms with Crippen molar-refractivity contribution in [1.29, 1.82) is 0 Å². The van der Waals surface area contributed by atoms with Gasteiger partial charge >= 0.3 is 0 Å². The van der Waals surface area contributed by atoms with Crippen molar-refractivity contribution < 1.29 is 4.79 Å². The lowest BCUT2D eigenvalue weighted by molar-refractivity contribution is 0.0779. The van der Waals surface area contributed by atoms with Gasteiger partial charge in [-0.3, -0.25) is 4.79 Å². The van der Waals surface area contributed by atoms with Crippen molar-refractivity contribution in [3.8, 4) is 0 Å². The lowest BCUT2D eigenvalue weighted by Gasteiger charge is -2.16. The molecule has 0 unspecified atom stereocenters. The highest BCUT2D eigenvalue weighted by Gasteiger charge is 2.15. The molecule has 1 heterocycles. The molecule has 0 aliphatic rings. The molecule has 1 amide bonds. The number of halogens is 1. The first-order chi connectivity index (χ1) is 8.58. The molecule has 1 aromatic carbocycles. The van der Waals surface area contributed by atoms with E-state index in [2.05, 4.69) is 20.9 Å². The smallest absolute Gasteiger partial charge is 0.274 e. The van der Waals surface area contributed by atoms with E-state index in [1.165, 1.54) is 0 Å². The van der Waals surface area contributed by atoms with Gasteiger partial charge in [0.1, 0.15) is 5.69 Å². The summed E-state index contributed by atoms with van der Waals surface area (Å²) in [5.41, 5.74) is 1.54. The quantitative estimate of drug-likeness (QED) is 0.873. The zero-order valence-corrected chi connectivity index (χ0v) is 11.9. The Bertz CT molecular complexity index is 565. The molecule has 2 aromatic rings. The van der Waals surface area contributed by atoms with Crippen molar-refractivity contribution in [2.24, 2.45) is 7.05 Å². The number of aromatic nitrogens is 2. The monoisotopic (exact) mass is 307 g/mol. The van der Waals surface area contributed by atoms with E-state index in [-0.39, 0.29) is 5.91 Å². The fourth-order valence-corrected chi connectivity index (χ4v) is 2.08. The van der Waals surface area contributed by atoms with Crippen LogP contribution in [-0.4, -0.2) is 27.4 Å². The van der Waals surface area contributed by atoms with Gasteiger partial charge in [0.05, 0.1) is 6.33 Å². The van der Waals surface area contributed by atoms with Crippen LogP contribution in [0.15, 0.2) is 41.3 Å². The van der Waals surface area contributed by atoms with Crippen LogP contribution in [0, 0.1) is 0 Å². The number of hydrogen-bond donors (Lipinski definition) is 0. The molecular weight excluding hydrogens is 294 g/mol. The molecule has 18 heavy (non-hydrogen) atoms. The van der Waals surface area contributed by atoms with Crippen LogP contribution in [0.1, 0.15) is 16.1 Å². The molecule has 0 radical (unpaired) electrons. The third-order valence-electron chi connectivity index (χ3n) is 2.64. The molecule has 4 nitrogen and oxygen atoms in total. The predicted octanol–water partition coefficient (Wildman–Crippen LogP) is 2.45. The lowest BCUT2D eigenvalue weighted by atomic mass is 10.2. The summed E-state index contributed by atoms with van der Waals surface area (Å²) in [5, 5.41) is 0. The second-order valence-electron chi connectivity index (χ2n) is 4.18. The standard InChI is InChI=1S/C13H14BrN3O/c1-16-8-12(15-9-16)13(18)17(2)7-10-5-3-4-6-11(10)14/h3-6,8-9H,7H2,1-2H3. The van der Waals surface area contributed by atoms with Crippen LogP contribution in [0.3, 0.4) is 0 Å². The number of aryl methyl sites for hydroxylation is 1. The summed E-state index contributed by atoms with van der Waals surface area (Å²) in [7, 11) is 3.62. The molecule has 0 bridgehead atoms. The Morgan fingerprint density at radius 2 is 2.17 bits per heavy atom. The van der Waals surface area contributed by atoms with E-state index in [1.807, 2.05) is 31.3 Å². The maximum Gasteiger partial charge on any atom is 0.274 e. The third-order valence-corrected chi connectivity index (χ3v) is 3.41. The number of benzene rings is 1. The average Bonchev–Trinajstić information content (AvgIpc) is 2.78. The molecule has 0 aliphatic carbocycles. The van der Waals surface area contributed by atoms with Gasteiger partial charge < -0.3 is 9.47 Å². The summed E-state index contributed by atoms with van der Waals surface area (Å²) >= 11 is 3.48. The van der Waals surface area contributed by atoms with Crippen molar-refractivity contribution in [2.45, 2.75) is 6.54 Å². The topological polar surface area (TPSA) is 38.1 Å². The van der Waals surface area contributed by atoms with Gasteiger partial charge in [-0.05, 0) is 11.6 Å². The van der Waals surface area contributed by atoms with Crippen molar-refractivity contribution >= 4 is 21.8 Å². The number of amides is 1. The number of carbonyl (C=O) groups is 1. The van der Waals surface area contributed by atoms with Gasteiger partial charge in [0.2, 0.25) is 0 Å². The van der Waals surface area contributed by atoms with Crippen LogP contribution >= 0.6 is 15.9 Å². The third kappa shape index (κ3) is 2.79. The zero-order valence-electron chi connectivity index (χ0n) is 10.3. The molecule has 0 spiro atoms. The summed E-state index contributed by atoms with van der Waals surface area (Å²) in [4.78, 5) is 17.8. The van der Waals surface area contributed by atoms with Crippen LogP contribution in [0.25, 0.3) is 0 Å². The van der Waals surface area contributed by atoms with Gasteiger partial charge in [-0.15, -0.1) is 0 Å². The molecule has 0 saturated carbocycles. The van der Waals surface area contributed by atoms with E-state index in [1.54, 1.807) is 29.0 Å². The number of carbonyl (C=O) groups excluding carboxylic acids is 1. The van der Waals surface area contributed by atoms with E-state index < -0.39 is 0 Å². The highest BCUT2D eigenvalue weighted by Crippen LogP contribution is 2.17. The van der Waals surface area contributed by atoms with E-state index in [9.17, 15) is 4.79 Å². The molecule has 1 aromatic heterocycles. The van der Waals surface area contributed by atoms with Crippen LogP contribution in [0.5, 0.6) is 0 Å². The SMILES string of the molecule is CN(Cc1ccccc1Br)C(=O)c1cn(C)cn1. The molecule has 2 rings (SSSR count). The average molecular weight is 308 g/mol. The molecule has 0 N–H and O–H groups in total. The van der Waals surface area contributed by atoms with E-state index in [0.29, 0.717) is 12.2 Å². The molecule has 0 aliphatic heterocycles. The fraction of sp³-hybridized carbons (Fsp3) is 0.231. The Morgan fingerprint density at radius 3 is 2.78 bits per heavy atom. The molecule has 94 valence electrons. The minimum Gasteiger partial charge on any atom is -0.340 e. The molecule has 5 heteroatoms. The van der Waals surface area contributed by atoms with Gasteiger partial charge in [-0.2, -0.15) is 0 Å². The summed E-state index contributed by atoms with van der Waals surface area (Å²) in [6, 6.07) is 7.87. The van der Waals surface area contributed by atoms with Gasteiger partial charge in [-0.25, -0.2) is 4.98 Å². The Hall–Kier alpha value is -1.62. The second kappa shape index (κ2) is 5.35. The number of hydrogen-bond acceptors (Lipinski definition) is 2. The summed E-state index contributed by atoms with van der Waals surface area (Å²) in [6.07, 6.45) is 3.35. The summed E-state index contributed by atoms with van der Waals surface area (Å²) < 4.78 is 2.77. The van der Waals surface area contributed by atoms with Crippen LogP contribution < -0.4 is 0 Å². The number of rotatable bonds is 3. The Kier molecular flexibility index (Phi) is 3.81. The van der Waals surface area contributed by atoms with Gasteiger partial charge in [0, 0.05) is 31.3 Å². The molecule has 0 fully saturated rings. The van der Waals surface area contributed by atoms with Crippen LogP contribution in [-0.2, 0) is 13.6 Å². The fourth-order valence-electron chi connectivity index (χ4n) is 1.67. The largest absolute Gasteiger partial charge is 0.340 e. The van der Waals surface area contributed by atoms with Crippen molar-refractivity contribution in [3.05, 3.63) is 52.5 Å². The molecular formula is C13H14BrN3O. The first-order valence-corrected chi connectivity index (χ1v) is 6.34. The first-order valence-electron chi connectivity index (χ1n) is 5.55. The highest BCUT2D eigenvalue weighted by atomic mass is 79.9. The highest BCUT2D eigenvalue weighted by molar-refractivity contribution is 9.10. The maximum absolute atomic E-state index is 12.1. The van der Waals surface area contributed by atoms with E-state index in [0.717, 1.165) is 10.0 Å². The number of imidazole rings is 1.